The summed E-state index contributed by atoms with van der Waals surface area (Å²) >= 11 is 0. The monoisotopic (exact) mass is 1020 g/mol. The van der Waals surface area contributed by atoms with E-state index in [0.29, 0.717) is 0 Å². The fourth-order valence-electron chi connectivity index (χ4n) is 11.9. The van der Waals surface area contributed by atoms with E-state index in [1.165, 1.54) is 356 Å². The Labute approximate surface area is 457 Å². The van der Waals surface area contributed by atoms with Crippen molar-refractivity contribution in [3.05, 3.63) is 0 Å². The molecule has 436 valence electrons. The van der Waals surface area contributed by atoms with Gasteiger partial charge in [-0.25, -0.2) is 0 Å². The second-order valence-electron chi connectivity index (χ2n) is 23.7. The molecule has 0 saturated heterocycles. The standard InChI is InChI=1S/2C33H70N.CH2O3/c2*1-6-10-14-18-22-26-30-34(31-27-23-19-15-11-7-2,32-28-24-20-16-12-8-3)33(5)29-25-21-17-13-9-4;2-1(3)4/h2*33H,6-32H2,1-5H3;(H2,2,3,4)/q2*+1;/p-2. The summed E-state index contributed by atoms with van der Waals surface area (Å²) in [5, 5.41) is 16.7. The zero-order chi connectivity index (χ0) is 53.9. The van der Waals surface area contributed by atoms with E-state index in [4.69, 9.17) is 15.0 Å². The van der Waals surface area contributed by atoms with Crippen molar-refractivity contribution in [2.75, 3.05) is 39.3 Å². The molecule has 0 spiro atoms. The molecule has 2 atom stereocenters. The molecule has 0 bridgehead atoms. The highest BCUT2D eigenvalue weighted by Gasteiger charge is 2.33. The van der Waals surface area contributed by atoms with E-state index in [0.717, 1.165) is 12.1 Å². The Bertz CT molecular complexity index is 846. The number of rotatable bonds is 56. The van der Waals surface area contributed by atoms with Gasteiger partial charge < -0.3 is 24.0 Å². The van der Waals surface area contributed by atoms with Crippen LogP contribution in [-0.4, -0.2) is 66.5 Å². The van der Waals surface area contributed by atoms with Gasteiger partial charge in [-0.3, -0.25) is 0 Å². The molecule has 0 aliphatic rings. The van der Waals surface area contributed by atoms with Gasteiger partial charge in [0.15, 0.2) is 0 Å². The van der Waals surface area contributed by atoms with Crippen LogP contribution < -0.4 is 10.2 Å². The van der Waals surface area contributed by atoms with Crippen molar-refractivity contribution in [2.24, 2.45) is 0 Å². The lowest BCUT2D eigenvalue weighted by Gasteiger charge is -2.45. The second-order valence-corrected chi connectivity index (χ2v) is 23.7. The van der Waals surface area contributed by atoms with Gasteiger partial charge in [0.2, 0.25) is 0 Å². The van der Waals surface area contributed by atoms with Crippen molar-refractivity contribution in [3.8, 4) is 0 Å². The number of nitrogens with zero attached hydrogens (tertiary/aromatic N) is 2. The van der Waals surface area contributed by atoms with E-state index in [9.17, 15) is 0 Å². The molecule has 0 aliphatic carbocycles. The minimum Gasteiger partial charge on any atom is -0.652 e. The zero-order valence-corrected chi connectivity index (χ0v) is 52.0. The van der Waals surface area contributed by atoms with Crippen molar-refractivity contribution in [1.82, 2.24) is 0 Å². The van der Waals surface area contributed by atoms with Gasteiger partial charge >= 0.3 is 0 Å². The lowest BCUT2D eigenvalue weighted by Crippen LogP contribution is -2.56. The molecule has 2 unspecified atom stereocenters. The van der Waals surface area contributed by atoms with Crippen LogP contribution >= 0.6 is 0 Å². The molecule has 0 aromatic carbocycles. The smallest absolute Gasteiger partial charge is 0.0861 e. The maximum atomic E-state index is 8.33. The van der Waals surface area contributed by atoms with Crippen LogP contribution in [-0.2, 0) is 0 Å². The molecule has 0 radical (unpaired) electrons. The van der Waals surface area contributed by atoms with Crippen molar-refractivity contribution in [3.63, 3.8) is 0 Å². The molecule has 5 heteroatoms. The Hall–Kier alpha value is -0.810. The van der Waals surface area contributed by atoms with E-state index in [1.54, 1.807) is 0 Å². The lowest BCUT2D eigenvalue weighted by molar-refractivity contribution is -0.950. The van der Waals surface area contributed by atoms with Gasteiger partial charge in [-0.2, -0.15) is 0 Å². The van der Waals surface area contributed by atoms with Gasteiger partial charge in [-0.1, -0.05) is 261 Å². The third-order valence-electron chi connectivity index (χ3n) is 17.1. The van der Waals surface area contributed by atoms with Crippen LogP contribution in [0.1, 0.15) is 377 Å². The number of carbonyl (C=O) groups excluding carboxylic acids is 1. The third-order valence-corrected chi connectivity index (χ3v) is 17.1. The van der Waals surface area contributed by atoms with Crippen LogP contribution in [0, 0.1) is 0 Å². The fraction of sp³-hybridized carbons (Fsp3) is 0.985. The number of carboxylic acid groups (broad SMARTS) is 2. The number of hydrogen-bond donors (Lipinski definition) is 0. The highest BCUT2D eigenvalue weighted by atomic mass is 16.6. The molecule has 0 rings (SSSR count). The molecule has 0 aliphatic heterocycles. The van der Waals surface area contributed by atoms with Crippen LogP contribution in [0.15, 0.2) is 0 Å². The minimum atomic E-state index is -2.33. The van der Waals surface area contributed by atoms with Gasteiger partial charge in [0.1, 0.15) is 0 Å². The number of quaternary nitrogens is 2. The van der Waals surface area contributed by atoms with Crippen LogP contribution in [0.4, 0.5) is 4.79 Å². The first kappa shape index (κ1) is 75.4. The fourth-order valence-corrected chi connectivity index (χ4v) is 11.9. The van der Waals surface area contributed by atoms with E-state index in [2.05, 4.69) is 69.2 Å². The van der Waals surface area contributed by atoms with E-state index < -0.39 is 6.16 Å². The molecule has 0 amide bonds. The number of unbranched alkanes of at least 4 members (excludes halogenated alkanes) is 38. The quantitative estimate of drug-likeness (QED) is 0.0450. The van der Waals surface area contributed by atoms with Crippen LogP contribution in [0.5, 0.6) is 0 Å². The molecule has 0 fully saturated rings. The average Bonchev–Trinajstić information content (AvgIpc) is 3.37. The molecule has 5 nitrogen and oxygen atoms in total. The maximum Gasteiger partial charge on any atom is 0.0861 e. The number of carbonyl (C=O) groups is 1. The molecular weight excluding hydrogens is 881 g/mol. The molecule has 0 N–H and O–H groups in total. The first-order valence-corrected chi connectivity index (χ1v) is 33.7. The van der Waals surface area contributed by atoms with E-state index in [1.807, 2.05) is 0 Å². The van der Waals surface area contributed by atoms with Crippen LogP contribution in [0.3, 0.4) is 0 Å². The molecular formula is C67H140N2O3. The summed E-state index contributed by atoms with van der Waals surface area (Å²) in [6.07, 6.45) is 66.9. The third kappa shape index (κ3) is 51.3. The normalized spacial score (nSPS) is 12.6. The topological polar surface area (TPSA) is 63.2 Å². The van der Waals surface area contributed by atoms with Gasteiger partial charge in [-0.15, -0.1) is 0 Å². The Morgan fingerprint density at radius 1 is 0.250 bits per heavy atom. The lowest BCUT2D eigenvalue weighted by atomic mass is 9.99. The van der Waals surface area contributed by atoms with Gasteiger partial charge in [0.05, 0.1) is 51.4 Å². The molecule has 72 heavy (non-hydrogen) atoms. The summed E-state index contributed by atoms with van der Waals surface area (Å²) in [6, 6.07) is 1.73. The highest BCUT2D eigenvalue weighted by Crippen LogP contribution is 2.28. The number of hydrogen-bond acceptors (Lipinski definition) is 3. The first-order chi connectivity index (χ1) is 35.1. The van der Waals surface area contributed by atoms with Crippen molar-refractivity contribution in [2.45, 2.75) is 390 Å². The summed E-state index contributed by atoms with van der Waals surface area (Å²) in [7, 11) is 0. The Balaban J connectivity index is -0.00000123. The average molecular weight is 1020 g/mol. The predicted molar refractivity (Wildman–Crippen MR) is 321 cm³/mol. The van der Waals surface area contributed by atoms with Crippen molar-refractivity contribution in [1.29, 1.82) is 0 Å². The summed E-state index contributed by atoms with van der Waals surface area (Å²) < 4.78 is 2.92. The summed E-state index contributed by atoms with van der Waals surface area (Å²) in [6.45, 7) is 32.8. The maximum absolute atomic E-state index is 8.33. The molecule has 0 aromatic rings. The Kier molecular flexibility index (Phi) is 64.0. The summed E-state index contributed by atoms with van der Waals surface area (Å²) in [5.74, 6) is 0. The molecule has 0 aromatic heterocycles. The van der Waals surface area contributed by atoms with Crippen molar-refractivity contribution < 1.29 is 24.0 Å². The summed E-state index contributed by atoms with van der Waals surface area (Å²) in [5.41, 5.74) is 0. The zero-order valence-electron chi connectivity index (χ0n) is 52.0. The van der Waals surface area contributed by atoms with Gasteiger partial charge in [0, 0.05) is 0 Å². The van der Waals surface area contributed by atoms with E-state index >= 15 is 0 Å². The van der Waals surface area contributed by atoms with Gasteiger partial charge in [0.25, 0.3) is 0 Å². The first-order valence-electron chi connectivity index (χ1n) is 33.7. The molecule has 0 saturated carbocycles. The SMILES string of the molecule is CCCCCCCC[N+](CCCCCCCC)(CCCCCCCC)C(C)CCCCCCC.CCCCCCCC[N+](CCCCCCCC)(CCCCCCCC)C(C)CCCCCCC.O=C([O-])[O-]. The van der Waals surface area contributed by atoms with Crippen molar-refractivity contribution >= 4 is 6.16 Å². The Morgan fingerprint density at radius 2 is 0.375 bits per heavy atom. The largest absolute Gasteiger partial charge is 0.652 e. The predicted octanol–water partition coefficient (Wildman–Crippen LogP) is 20.8. The van der Waals surface area contributed by atoms with E-state index in [-0.39, 0.29) is 0 Å². The highest BCUT2D eigenvalue weighted by molar-refractivity contribution is 5.47. The van der Waals surface area contributed by atoms with Gasteiger partial charge in [-0.05, 0) is 123 Å². The van der Waals surface area contributed by atoms with Crippen LogP contribution in [0.2, 0.25) is 0 Å². The molecule has 0 heterocycles. The summed E-state index contributed by atoms with van der Waals surface area (Å²) in [4.78, 5) is 8.33. The van der Waals surface area contributed by atoms with Crippen LogP contribution in [0.25, 0.3) is 0 Å². The minimum absolute atomic E-state index is 0.864. The Morgan fingerprint density at radius 3 is 0.528 bits per heavy atom. The second kappa shape index (κ2) is 61.0.